The van der Waals surface area contributed by atoms with Crippen molar-refractivity contribution in [3.05, 3.63) is 44.9 Å². The van der Waals surface area contributed by atoms with Crippen LogP contribution < -0.4 is 10.6 Å². The fourth-order valence-corrected chi connectivity index (χ4v) is 3.32. The summed E-state index contributed by atoms with van der Waals surface area (Å²) in [5, 5.41) is 7.31. The summed E-state index contributed by atoms with van der Waals surface area (Å²) >= 11 is 1.64. The number of thiazole rings is 1. The average Bonchev–Trinajstić information content (AvgIpc) is 3.01. The molecule has 22 heavy (non-hydrogen) atoms. The van der Waals surface area contributed by atoms with Crippen LogP contribution >= 0.6 is 36.2 Å². The second-order valence-electron chi connectivity index (χ2n) is 4.97. The Labute approximate surface area is 146 Å². The van der Waals surface area contributed by atoms with Crippen LogP contribution in [-0.4, -0.2) is 17.4 Å². The molecule has 4 nitrogen and oxygen atoms in total. The summed E-state index contributed by atoms with van der Waals surface area (Å²) in [5.74, 6) is -0.0230. The van der Waals surface area contributed by atoms with Gasteiger partial charge in [0.1, 0.15) is 0 Å². The molecule has 3 rings (SSSR count). The molecule has 1 aromatic heterocycles. The van der Waals surface area contributed by atoms with E-state index in [-0.39, 0.29) is 30.7 Å². The molecule has 0 radical (unpaired) electrons. The number of halogens is 2. The van der Waals surface area contributed by atoms with E-state index in [0.717, 1.165) is 39.8 Å². The van der Waals surface area contributed by atoms with Crippen molar-refractivity contribution >= 4 is 47.7 Å². The minimum Gasteiger partial charge on any atom is -0.384 e. The lowest BCUT2D eigenvalue weighted by Gasteiger charge is -2.06. The Morgan fingerprint density at radius 3 is 2.82 bits per heavy atom. The van der Waals surface area contributed by atoms with Gasteiger partial charge in [0.05, 0.1) is 17.2 Å². The largest absolute Gasteiger partial charge is 0.384 e. The zero-order valence-corrected chi connectivity index (χ0v) is 14.9. The number of nitrogens with zero attached hydrogens (tertiary/aromatic N) is 1. The standard InChI is InChI=1S/C15H17N3OS.2ClH/c1-9-14(20-10(2)18-9)8-17-15(19)12-3-4-13-11(7-12)5-6-16-13;;/h3-4,7,16H,5-6,8H2,1-2H3,(H,17,19);2*1H. The second-order valence-corrected chi connectivity index (χ2v) is 6.26. The predicted octanol–water partition coefficient (Wildman–Crippen LogP) is 3.50. The molecule has 1 aromatic carbocycles. The highest BCUT2D eigenvalue weighted by Crippen LogP contribution is 2.23. The first-order chi connectivity index (χ1) is 9.63. The van der Waals surface area contributed by atoms with Crippen LogP contribution in [0.5, 0.6) is 0 Å². The average molecular weight is 360 g/mol. The molecule has 0 atom stereocenters. The number of aromatic nitrogens is 1. The third-order valence-electron chi connectivity index (χ3n) is 3.49. The molecule has 0 fully saturated rings. The number of hydrogen-bond acceptors (Lipinski definition) is 4. The molecule has 1 amide bonds. The van der Waals surface area contributed by atoms with Crippen molar-refractivity contribution in [1.29, 1.82) is 0 Å². The summed E-state index contributed by atoms with van der Waals surface area (Å²) in [7, 11) is 0. The van der Waals surface area contributed by atoms with Gasteiger partial charge in [0, 0.05) is 22.7 Å². The molecule has 0 bridgehead atoms. The lowest BCUT2D eigenvalue weighted by Crippen LogP contribution is -2.22. The molecule has 7 heteroatoms. The van der Waals surface area contributed by atoms with E-state index in [4.69, 9.17) is 0 Å². The van der Waals surface area contributed by atoms with Crippen molar-refractivity contribution < 1.29 is 4.79 Å². The van der Waals surface area contributed by atoms with E-state index in [1.165, 1.54) is 5.56 Å². The van der Waals surface area contributed by atoms with E-state index in [0.29, 0.717) is 6.54 Å². The van der Waals surface area contributed by atoms with Crippen molar-refractivity contribution in [2.75, 3.05) is 11.9 Å². The fraction of sp³-hybridized carbons (Fsp3) is 0.333. The van der Waals surface area contributed by atoms with E-state index in [9.17, 15) is 4.79 Å². The van der Waals surface area contributed by atoms with Crippen LogP contribution in [0.15, 0.2) is 18.2 Å². The zero-order valence-electron chi connectivity index (χ0n) is 12.4. The number of aryl methyl sites for hydroxylation is 2. The van der Waals surface area contributed by atoms with Crippen molar-refractivity contribution in [1.82, 2.24) is 10.3 Å². The highest BCUT2D eigenvalue weighted by atomic mass is 35.5. The van der Waals surface area contributed by atoms with Gasteiger partial charge in [-0.05, 0) is 44.0 Å². The Balaban J connectivity index is 0.00000121. The number of fused-ring (bicyclic) bond motifs is 1. The van der Waals surface area contributed by atoms with Crippen LogP contribution in [0.25, 0.3) is 0 Å². The topological polar surface area (TPSA) is 54.0 Å². The Morgan fingerprint density at radius 1 is 1.36 bits per heavy atom. The summed E-state index contributed by atoms with van der Waals surface area (Å²) < 4.78 is 0. The minimum absolute atomic E-state index is 0. The van der Waals surface area contributed by atoms with Crippen LogP contribution in [0.4, 0.5) is 5.69 Å². The Kier molecular flexibility index (Phi) is 6.66. The lowest BCUT2D eigenvalue weighted by molar-refractivity contribution is 0.0951. The van der Waals surface area contributed by atoms with Crippen molar-refractivity contribution in [3.63, 3.8) is 0 Å². The Bertz CT molecular complexity index is 673. The molecule has 0 aliphatic carbocycles. The van der Waals surface area contributed by atoms with Gasteiger partial charge in [-0.15, -0.1) is 36.2 Å². The summed E-state index contributed by atoms with van der Waals surface area (Å²) in [6.45, 7) is 5.47. The first kappa shape index (κ1) is 18.7. The van der Waals surface area contributed by atoms with Crippen LogP contribution in [0.2, 0.25) is 0 Å². The normalized spacial score (nSPS) is 11.7. The van der Waals surface area contributed by atoms with E-state index in [1.54, 1.807) is 11.3 Å². The second kappa shape index (κ2) is 7.81. The number of amides is 1. The maximum absolute atomic E-state index is 12.2. The highest BCUT2D eigenvalue weighted by molar-refractivity contribution is 7.11. The molecular weight excluding hydrogens is 341 g/mol. The number of hydrogen-bond donors (Lipinski definition) is 2. The van der Waals surface area contributed by atoms with Gasteiger partial charge in [0.2, 0.25) is 0 Å². The van der Waals surface area contributed by atoms with E-state index >= 15 is 0 Å². The van der Waals surface area contributed by atoms with Gasteiger partial charge in [-0.3, -0.25) is 4.79 Å². The fourth-order valence-electron chi connectivity index (χ4n) is 2.45. The number of carbonyl (C=O) groups excluding carboxylic acids is 1. The zero-order chi connectivity index (χ0) is 14.1. The summed E-state index contributed by atoms with van der Waals surface area (Å²) in [4.78, 5) is 17.7. The number of benzene rings is 1. The van der Waals surface area contributed by atoms with Crippen LogP contribution in [-0.2, 0) is 13.0 Å². The smallest absolute Gasteiger partial charge is 0.251 e. The SMILES string of the molecule is Cc1nc(C)c(CNC(=O)c2ccc3c(c2)CCN3)s1.Cl.Cl. The van der Waals surface area contributed by atoms with E-state index in [1.807, 2.05) is 32.0 Å². The third kappa shape index (κ3) is 3.91. The molecule has 0 saturated heterocycles. The summed E-state index contributed by atoms with van der Waals surface area (Å²) in [5.41, 5.74) is 4.11. The van der Waals surface area contributed by atoms with Gasteiger partial charge in [0.25, 0.3) is 5.91 Å². The van der Waals surface area contributed by atoms with Crippen molar-refractivity contribution in [2.24, 2.45) is 0 Å². The number of nitrogens with one attached hydrogen (secondary N) is 2. The first-order valence-electron chi connectivity index (χ1n) is 6.71. The molecule has 1 aliphatic rings. The number of anilines is 1. The molecule has 2 aromatic rings. The highest BCUT2D eigenvalue weighted by Gasteiger charge is 2.14. The van der Waals surface area contributed by atoms with Gasteiger partial charge in [-0.2, -0.15) is 0 Å². The van der Waals surface area contributed by atoms with Gasteiger partial charge < -0.3 is 10.6 Å². The number of carbonyl (C=O) groups is 1. The maximum atomic E-state index is 12.2. The third-order valence-corrected chi connectivity index (χ3v) is 4.56. The molecule has 0 unspecified atom stereocenters. The molecule has 2 N–H and O–H groups in total. The molecule has 0 saturated carbocycles. The lowest BCUT2D eigenvalue weighted by atomic mass is 10.1. The van der Waals surface area contributed by atoms with Gasteiger partial charge in [-0.1, -0.05) is 0 Å². The van der Waals surface area contributed by atoms with Gasteiger partial charge in [0.15, 0.2) is 0 Å². The minimum atomic E-state index is -0.0230. The molecule has 1 aliphatic heterocycles. The van der Waals surface area contributed by atoms with Crippen LogP contribution in [0.3, 0.4) is 0 Å². The summed E-state index contributed by atoms with van der Waals surface area (Å²) in [6, 6.07) is 5.84. The summed E-state index contributed by atoms with van der Waals surface area (Å²) in [6.07, 6.45) is 0.990. The van der Waals surface area contributed by atoms with Crippen molar-refractivity contribution in [2.45, 2.75) is 26.8 Å². The Hall–Kier alpha value is -1.30. The Morgan fingerprint density at radius 2 is 2.14 bits per heavy atom. The molecule has 120 valence electrons. The van der Waals surface area contributed by atoms with E-state index < -0.39 is 0 Å². The van der Waals surface area contributed by atoms with Crippen LogP contribution in [0, 0.1) is 13.8 Å². The van der Waals surface area contributed by atoms with Crippen LogP contribution in [0.1, 0.15) is 31.5 Å². The van der Waals surface area contributed by atoms with Gasteiger partial charge in [-0.25, -0.2) is 4.98 Å². The predicted molar refractivity (Wildman–Crippen MR) is 95.9 cm³/mol. The monoisotopic (exact) mass is 359 g/mol. The van der Waals surface area contributed by atoms with Gasteiger partial charge >= 0.3 is 0 Å². The first-order valence-corrected chi connectivity index (χ1v) is 7.53. The number of rotatable bonds is 3. The maximum Gasteiger partial charge on any atom is 0.251 e. The molecule has 0 spiro atoms. The molecule has 2 heterocycles. The van der Waals surface area contributed by atoms with Crippen molar-refractivity contribution in [3.8, 4) is 0 Å². The van der Waals surface area contributed by atoms with E-state index in [2.05, 4.69) is 15.6 Å². The quantitative estimate of drug-likeness (QED) is 0.881. The molecular formula is C15H19Cl2N3OS.